The Morgan fingerprint density at radius 1 is 1.30 bits per heavy atom. The van der Waals surface area contributed by atoms with Crippen molar-refractivity contribution in [3.05, 3.63) is 42.5 Å². The Labute approximate surface area is 121 Å². The van der Waals surface area contributed by atoms with Gasteiger partial charge in [-0.25, -0.2) is 0 Å². The summed E-state index contributed by atoms with van der Waals surface area (Å²) >= 11 is 0. The molecule has 0 heterocycles. The zero-order valence-corrected chi connectivity index (χ0v) is 12.3. The third-order valence-electron chi connectivity index (χ3n) is 4.39. The fourth-order valence-corrected chi connectivity index (χ4v) is 3.11. The summed E-state index contributed by atoms with van der Waals surface area (Å²) in [5.74, 6) is 1.96. The second-order valence-electron chi connectivity index (χ2n) is 5.65. The first kappa shape index (κ1) is 14.8. The van der Waals surface area contributed by atoms with Crippen LogP contribution in [-0.2, 0) is 0 Å². The Bertz CT molecular complexity index is 441. The number of benzene rings is 1. The van der Waals surface area contributed by atoms with Crippen molar-refractivity contribution in [1.29, 1.82) is 0 Å². The molecule has 0 N–H and O–H groups in total. The Balaban J connectivity index is 1.98. The van der Waals surface area contributed by atoms with Crippen LogP contribution in [0.4, 0.5) is 0 Å². The lowest BCUT2D eigenvalue weighted by Crippen LogP contribution is -2.19. The van der Waals surface area contributed by atoms with Gasteiger partial charge < -0.3 is 4.74 Å². The summed E-state index contributed by atoms with van der Waals surface area (Å²) in [5, 5.41) is 0. The molecule has 108 valence electrons. The van der Waals surface area contributed by atoms with Crippen LogP contribution < -0.4 is 4.74 Å². The highest BCUT2D eigenvalue weighted by atomic mass is 16.5. The van der Waals surface area contributed by atoms with E-state index in [2.05, 4.69) is 6.58 Å². The first-order valence-electron chi connectivity index (χ1n) is 7.54. The van der Waals surface area contributed by atoms with E-state index in [4.69, 9.17) is 4.74 Å². The standard InChI is InChI=1S/C18H24O2/c1-3-14(15-7-5-4-6-8-15)13-18(19)16-9-11-17(20-2)12-10-16/h3,9-12,14-15H,1,4-8,13H2,2H3/t14-/m1/s1. The number of carbonyl (C=O) groups is 1. The maximum atomic E-state index is 12.4. The Morgan fingerprint density at radius 2 is 1.95 bits per heavy atom. The molecule has 0 aromatic heterocycles. The zero-order valence-electron chi connectivity index (χ0n) is 12.3. The van der Waals surface area contributed by atoms with Crippen molar-refractivity contribution in [3.8, 4) is 5.75 Å². The van der Waals surface area contributed by atoms with Crippen molar-refractivity contribution in [2.24, 2.45) is 11.8 Å². The van der Waals surface area contributed by atoms with Crippen molar-refractivity contribution < 1.29 is 9.53 Å². The second kappa shape index (κ2) is 7.28. The SMILES string of the molecule is C=C[C@H](CC(=O)c1ccc(OC)cc1)C1CCCCC1. The molecule has 1 saturated carbocycles. The van der Waals surface area contributed by atoms with E-state index in [1.807, 2.05) is 30.3 Å². The lowest BCUT2D eigenvalue weighted by Gasteiger charge is -2.27. The van der Waals surface area contributed by atoms with Crippen molar-refractivity contribution >= 4 is 5.78 Å². The fourth-order valence-electron chi connectivity index (χ4n) is 3.11. The number of ether oxygens (including phenoxy) is 1. The molecular weight excluding hydrogens is 248 g/mol. The van der Waals surface area contributed by atoms with Crippen LogP contribution in [0.1, 0.15) is 48.9 Å². The minimum absolute atomic E-state index is 0.211. The van der Waals surface area contributed by atoms with Gasteiger partial charge in [0.05, 0.1) is 7.11 Å². The van der Waals surface area contributed by atoms with Crippen LogP contribution in [0.3, 0.4) is 0 Å². The summed E-state index contributed by atoms with van der Waals surface area (Å²) in [6.45, 7) is 3.94. The molecular formula is C18H24O2. The van der Waals surface area contributed by atoms with Crippen LogP contribution in [0.15, 0.2) is 36.9 Å². The predicted octanol–water partition coefficient (Wildman–Crippen LogP) is 4.65. The van der Waals surface area contributed by atoms with Gasteiger partial charge in [-0.1, -0.05) is 25.3 Å². The number of hydrogen-bond acceptors (Lipinski definition) is 2. The fraction of sp³-hybridized carbons (Fsp3) is 0.500. The van der Waals surface area contributed by atoms with Gasteiger partial charge in [0.2, 0.25) is 0 Å². The summed E-state index contributed by atoms with van der Waals surface area (Å²) in [4.78, 5) is 12.4. The van der Waals surface area contributed by atoms with Crippen LogP contribution in [0.2, 0.25) is 0 Å². The Kier molecular flexibility index (Phi) is 5.40. The van der Waals surface area contributed by atoms with Crippen LogP contribution in [-0.4, -0.2) is 12.9 Å². The van der Waals surface area contributed by atoms with Gasteiger partial charge in [-0.15, -0.1) is 6.58 Å². The molecule has 0 unspecified atom stereocenters. The van der Waals surface area contributed by atoms with Crippen molar-refractivity contribution in [2.45, 2.75) is 38.5 Å². The molecule has 1 aliphatic carbocycles. The number of carbonyl (C=O) groups excluding carboxylic acids is 1. The molecule has 20 heavy (non-hydrogen) atoms. The molecule has 0 aliphatic heterocycles. The van der Waals surface area contributed by atoms with Gasteiger partial charge >= 0.3 is 0 Å². The monoisotopic (exact) mass is 272 g/mol. The molecule has 0 spiro atoms. The maximum absolute atomic E-state index is 12.4. The molecule has 0 amide bonds. The van der Waals surface area contributed by atoms with E-state index in [1.54, 1.807) is 7.11 Å². The third kappa shape index (κ3) is 3.72. The molecule has 2 heteroatoms. The minimum Gasteiger partial charge on any atom is -0.497 e. The van der Waals surface area contributed by atoms with E-state index in [0.29, 0.717) is 18.3 Å². The molecule has 1 fully saturated rings. The summed E-state index contributed by atoms with van der Waals surface area (Å²) in [5.41, 5.74) is 0.772. The van der Waals surface area contributed by atoms with E-state index >= 15 is 0 Å². The number of Topliss-reactive ketones (excluding diaryl/α,β-unsaturated/α-hetero) is 1. The molecule has 1 aromatic rings. The smallest absolute Gasteiger partial charge is 0.163 e. The summed E-state index contributed by atoms with van der Waals surface area (Å²) < 4.78 is 5.12. The summed E-state index contributed by atoms with van der Waals surface area (Å²) in [6, 6.07) is 7.39. The molecule has 2 rings (SSSR count). The first-order valence-corrected chi connectivity index (χ1v) is 7.54. The molecule has 0 bridgehead atoms. The Hall–Kier alpha value is -1.57. The highest BCUT2D eigenvalue weighted by Gasteiger charge is 2.23. The minimum atomic E-state index is 0.211. The number of rotatable bonds is 6. The van der Waals surface area contributed by atoms with Crippen LogP contribution >= 0.6 is 0 Å². The summed E-state index contributed by atoms with van der Waals surface area (Å²) in [6.07, 6.45) is 8.99. The first-order chi connectivity index (χ1) is 9.74. The van der Waals surface area contributed by atoms with Gasteiger partial charge in [0.15, 0.2) is 5.78 Å². The lowest BCUT2D eigenvalue weighted by atomic mass is 9.77. The topological polar surface area (TPSA) is 26.3 Å². The predicted molar refractivity (Wildman–Crippen MR) is 82.2 cm³/mol. The van der Waals surface area contributed by atoms with Crippen molar-refractivity contribution in [1.82, 2.24) is 0 Å². The number of hydrogen-bond donors (Lipinski definition) is 0. The number of methoxy groups -OCH3 is 1. The van der Waals surface area contributed by atoms with Gasteiger partial charge in [0.1, 0.15) is 5.75 Å². The van der Waals surface area contributed by atoms with E-state index in [9.17, 15) is 4.79 Å². The zero-order chi connectivity index (χ0) is 14.4. The van der Waals surface area contributed by atoms with Gasteiger partial charge in [-0.05, 0) is 48.9 Å². The average Bonchev–Trinajstić information content (AvgIpc) is 2.53. The van der Waals surface area contributed by atoms with E-state index < -0.39 is 0 Å². The second-order valence-corrected chi connectivity index (χ2v) is 5.65. The lowest BCUT2D eigenvalue weighted by molar-refractivity contribution is 0.0949. The highest BCUT2D eigenvalue weighted by molar-refractivity contribution is 5.96. The van der Waals surface area contributed by atoms with Crippen LogP contribution in [0.5, 0.6) is 5.75 Å². The van der Waals surface area contributed by atoms with Crippen molar-refractivity contribution in [2.75, 3.05) is 7.11 Å². The number of ketones is 1. The molecule has 1 atom stereocenters. The normalized spacial score (nSPS) is 17.4. The largest absolute Gasteiger partial charge is 0.497 e. The third-order valence-corrected chi connectivity index (χ3v) is 4.39. The van der Waals surface area contributed by atoms with E-state index in [0.717, 1.165) is 11.3 Å². The van der Waals surface area contributed by atoms with Crippen molar-refractivity contribution in [3.63, 3.8) is 0 Å². The van der Waals surface area contributed by atoms with Gasteiger partial charge in [-0.3, -0.25) is 4.79 Å². The molecule has 1 aromatic carbocycles. The molecule has 2 nitrogen and oxygen atoms in total. The van der Waals surface area contributed by atoms with Crippen LogP contribution in [0, 0.1) is 11.8 Å². The van der Waals surface area contributed by atoms with E-state index in [-0.39, 0.29) is 5.78 Å². The highest BCUT2D eigenvalue weighted by Crippen LogP contribution is 2.33. The molecule has 1 aliphatic rings. The summed E-state index contributed by atoms with van der Waals surface area (Å²) in [7, 11) is 1.63. The number of allylic oxidation sites excluding steroid dienone is 1. The van der Waals surface area contributed by atoms with Gasteiger partial charge in [0, 0.05) is 12.0 Å². The quantitative estimate of drug-likeness (QED) is 0.556. The maximum Gasteiger partial charge on any atom is 0.163 e. The molecule has 0 radical (unpaired) electrons. The van der Waals surface area contributed by atoms with Crippen LogP contribution in [0.25, 0.3) is 0 Å². The van der Waals surface area contributed by atoms with Gasteiger partial charge in [0.25, 0.3) is 0 Å². The van der Waals surface area contributed by atoms with E-state index in [1.165, 1.54) is 32.1 Å². The Morgan fingerprint density at radius 3 is 2.50 bits per heavy atom. The average molecular weight is 272 g/mol. The van der Waals surface area contributed by atoms with Gasteiger partial charge in [-0.2, -0.15) is 0 Å². The molecule has 0 saturated heterocycles.